The fourth-order valence-corrected chi connectivity index (χ4v) is 3.68. The molecule has 4 aromatic rings. The van der Waals surface area contributed by atoms with Crippen LogP contribution in [0, 0.1) is 0 Å². The SMILES string of the molecule is COc1cc(-c2ccc3c(n2)CN(c2cnn(Cc4ccncc4)c2)C3=O)cnc1OC. The van der Waals surface area contributed by atoms with Crippen molar-refractivity contribution >= 4 is 11.6 Å². The summed E-state index contributed by atoms with van der Waals surface area (Å²) in [5.41, 5.74) is 4.60. The first-order valence-corrected chi connectivity index (χ1v) is 9.98. The van der Waals surface area contributed by atoms with E-state index in [1.54, 1.807) is 47.5 Å². The average molecular weight is 428 g/mol. The Bertz CT molecular complexity index is 1290. The van der Waals surface area contributed by atoms with Crippen molar-refractivity contribution in [2.45, 2.75) is 13.1 Å². The minimum absolute atomic E-state index is 0.0899. The molecule has 9 heteroatoms. The molecule has 0 bridgehead atoms. The van der Waals surface area contributed by atoms with Crippen molar-refractivity contribution in [3.05, 3.63) is 78.1 Å². The Kier molecular flexibility index (Phi) is 4.98. The first-order chi connectivity index (χ1) is 15.7. The van der Waals surface area contributed by atoms with Gasteiger partial charge in [0.25, 0.3) is 11.8 Å². The van der Waals surface area contributed by atoms with Gasteiger partial charge in [0.15, 0.2) is 5.75 Å². The maximum absolute atomic E-state index is 13.0. The van der Waals surface area contributed by atoms with Gasteiger partial charge in [-0.1, -0.05) is 0 Å². The fraction of sp³-hybridized carbons (Fsp3) is 0.174. The molecule has 0 unspecified atom stereocenters. The van der Waals surface area contributed by atoms with E-state index >= 15 is 0 Å². The maximum Gasteiger partial charge on any atom is 0.260 e. The number of fused-ring (bicyclic) bond motifs is 1. The van der Waals surface area contributed by atoms with E-state index in [1.807, 2.05) is 30.5 Å². The van der Waals surface area contributed by atoms with Crippen LogP contribution in [-0.2, 0) is 13.1 Å². The number of carbonyl (C=O) groups is 1. The Morgan fingerprint density at radius 3 is 2.69 bits per heavy atom. The standard InChI is InChI=1S/C23H20N6O3/c1-31-21-9-16(10-25-22(21)32-2)19-4-3-18-20(27-19)14-29(23(18)30)17-11-26-28(13-17)12-15-5-7-24-8-6-15/h3-11,13H,12,14H2,1-2H3. The molecule has 1 aliphatic heterocycles. The van der Waals surface area contributed by atoms with E-state index in [4.69, 9.17) is 14.5 Å². The van der Waals surface area contributed by atoms with E-state index in [0.29, 0.717) is 41.7 Å². The first-order valence-electron chi connectivity index (χ1n) is 9.98. The molecule has 0 spiro atoms. The van der Waals surface area contributed by atoms with Crippen molar-refractivity contribution in [3.8, 4) is 22.9 Å². The average Bonchev–Trinajstić information content (AvgIpc) is 3.43. The van der Waals surface area contributed by atoms with Crippen LogP contribution in [0.4, 0.5) is 5.69 Å². The molecule has 1 amide bonds. The van der Waals surface area contributed by atoms with Crippen LogP contribution < -0.4 is 14.4 Å². The molecule has 0 aliphatic carbocycles. The molecule has 5 heterocycles. The van der Waals surface area contributed by atoms with Crippen molar-refractivity contribution in [1.82, 2.24) is 24.7 Å². The number of amides is 1. The second-order valence-electron chi connectivity index (χ2n) is 7.27. The summed E-state index contributed by atoms with van der Waals surface area (Å²) in [7, 11) is 3.10. The fourth-order valence-electron chi connectivity index (χ4n) is 3.68. The van der Waals surface area contributed by atoms with Gasteiger partial charge < -0.3 is 9.47 Å². The Hall–Kier alpha value is -4.27. The highest BCUT2D eigenvalue weighted by atomic mass is 16.5. The predicted molar refractivity (Wildman–Crippen MR) is 117 cm³/mol. The van der Waals surface area contributed by atoms with Gasteiger partial charge in [0.1, 0.15) is 0 Å². The molecular weight excluding hydrogens is 408 g/mol. The van der Waals surface area contributed by atoms with Crippen molar-refractivity contribution in [2.24, 2.45) is 0 Å². The topological polar surface area (TPSA) is 95.3 Å². The van der Waals surface area contributed by atoms with E-state index in [-0.39, 0.29) is 5.91 Å². The van der Waals surface area contributed by atoms with Gasteiger partial charge in [-0.15, -0.1) is 0 Å². The molecule has 0 atom stereocenters. The number of hydrogen-bond donors (Lipinski definition) is 0. The van der Waals surface area contributed by atoms with Crippen LogP contribution in [0.1, 0.15) is 21.6 Å². The van der Waals surface area contributed by atoms with Gasteiger partial charge >= 0.3 is 0 Å². The highest BCUT2D eigenvalue weighted by Crippen LogP contribution is 2.32. The van der Waals surface area contributed by atoms with Gasteiger partial charge in [0, 0.05) is 30.4 Å². The number of aromatic nitrogens is 5. The Balaban J connectivity index is 1.39. The number of nitrogens with zero attached hydrogens (tertiary/aromatic N) is 6. The van der Waals surface area contributed by atoms with Crippen molar-refractivity contribution in [3.63, 3.8) is 0 Å². The summed E-state index contributed by atoms with van der Waals surface area (Å²) in [6.07, 6.45) is 8.73. The number of carbonyl (C=O) groups excluding carboxylic acids is 1. The molecule has 5 rings (SSSR count). The minimum atomic E-state index is -0.0899. The van der Waals surface area contributed by atoms with Crippen LogP contribution in [0.25, 0.3) is 11.3 Å². The van der Waals surface area contributed by atoms with Gasteiger partial charge in [-0.2, -0.15) is 5.10 Å². The summed E-state index contributed by atoms with van der Waals surface area (Å²) >= 11 is 0. The van der Waals surface area contributed by atoms with Gasteiger partial charge in [-0.05, 0) is 35.9 Å². The zero-order valence-electron chi connectivity index (χ0n) is 17.6. The normalized spacial score (nSPS) is 12.7. The van der Waals surface area contributed by atoms with Crippen LogP contribution in [0.15, 0.2) is 61.3 Å². The highest BCUT2D eigenvalue weighted by molar-refractivity contribution is 6.09. The number of rotatable bonds is 6. The molecule has 160 valence electrons. The van der Waals surface area contributed by atoms with Gasteiger partial charge in [0.05, 0.1) is 56.1 Å². The summed E-state index contributed by atoms with van der Waals surface area (Å²) in [5, 5.41) is 4.40. The Morgan fingerprint density at radius 1 is 1.06 bits per heavy atom. The second-order valence-corrected chi connectivity index (χ2v) is 7.27. The van der Waals surface area contributed by atoms with E-state index in [2.05, 4.69) is 15.1 Å². The Morgan fingerprint density at radius 2 is 1.91 bits per heavy atom. The zero-order chi connectivity index (χ0) is 22.1. The molecule has 32 heavy (non-hydrogen) atoms. The minimum Gasteiger partial charge on any atom is -0.491 e. The van der Waals surface area contributed by atoms with Gasteiger partial charge in [-0.3, -0.25) is 24.3 Å². The maximum atomic E-state index is 13.0. The molecule has 4 aromatic heterocycles. The molecule has 0 N–H and O–H groups in total. The predicted octanol–water partition coefficient (Wildman–Crippen LogP) is 2.96. The van der Waals surface area contributed by atoms with E-state index < -0.39 is 0 Å². The lowest BCUT2D eigenvalue weighted by Gasteiger charge is -2.12. The van der Waals surface area contributed by atoms with Crippen LogP contribution in [0.3, 0.4) is 0 Å². The summed E-state index contributed by atoms with van der Waals surface area (Å²) in [6, 6.07) is 9.31. The monoisotopic (exact) mass is 428 g/mol. The van der Waals surface area contributed by atoms with Crippen molar-refractivity contribution in [1.29, 1.82) is 0 Å². The molecular formula is C23H20N6O3. The van der Waals surface area contributed by atoms with Crippen LogP contribution in [-0.4, -0.2) is 44.9 Å². The van der Waals surface area contributed by atoms with Crippen LogP contribution in [0.2, 0.25) is 0 Å². The summed E-state index contributed by atoms with van der Waals surface area (Å²) in [6.45, 7) is 0.982. The number of ether oxygens (including phenoxy) is 2. The number of hydrogen-bond acceptors (Lipinski definition) is 7. The molecule has 1 aliphatic rings. The lowest BCUT2D eigenvalue weighted by atomic mass is 10.1. The first kappa shape index (κ1) is 19.7. The molecule has 0 saturated heterocycles. The Labute approximate surface area is 184 Å². The van der Waals surface area contributed by atoms with Crippen LogP contribution >= 0.6 is 0 Å². The third-order valence-corrected chi connectivity index (χ3v) is 5.31. The third-order valence-electron chi connectivity index (χ3n) is 5.31. The number of methoxy groups -OCH3 is 2. The lowest BCUT2D eigenvalue weighted by molar-refractivity contribution is 0.0996. The summed E-state index contributed by atoms with van der Waals surface area (Å²) < 4.78 is 12.3. The molecule has 0 radical (unpaired) electrons. The summed E-state index contributed by atoms with van der Waals surface area (Å²) in [5.74, 6) is 0.835. The van der Waals surface area contributed by atoms with Gasteiger partial charge in [-0.25, -0.2) is 4.98 Å². The second kappa shape index (κ2) is 8.10. The van der Waals surface area contributed by atoms with Crippen molar-refractivity contribution < 1.29 is 14.3 Å². The molecule has 0 fully saturated rings. The lowest BCUT2D eigenvalue weighted by Crippen LogP contribution is -2.22. The largest absolute Gasteiger partial charge is 0.491 e. The quantitative estimate of drug-likeness (QED) is 0.466. The molecule has 9 nitrogen and oxygen atoms in total. The zero-order valence-corrected chi connectivity index (χ0v) is 17.6. The molecule has 0 aromatic carbocycles. The third kappa shape index (κ3) is 3.53. The van der Waals surface area contributed by atoms with Gasteiger partial charge in [0.2, 0.25) is 0 Å². The number of pyridine rings is 3. The summed E-state index contributed by atoms with van der Waals surface area (Å²) in [4.78, 5) is 27.7. The van der Waals surface area contributed by atoms with E-state index in [1.165, 1.54) is 7.11 Å². The smallest absolute Gasteiger partial charge is 0.260 e. The van der Waals surface area contributed by atoms with E-state index in [9.17, 15) is 4.79 Å². The number of anilines is 1. The highest BCUT2D eigenvalue weighted by Gasteiger charge is 2.31. The van der Waals surface area contributed by atoms with E-state index in [0.717, 1.165) is 16.8 Å². The van der Waals surface area contributed by atoms with Crippen LogP contribution in [0.5, 0.6) is 11.6 Å². The van der Waals surface area contributed by atoms with Crippen molar-refractivity contribution in [2.75, 3.05) is 19.1 Å². The molecule has 0 saturated carbocycles.